The Balaban J connectivity index is 1.47. The van der Waals surface area contributed by atoms with Crippen molar-refractivity contribution in [2.75, 3.05) is 11.1 Å². The van der Waals surface area contributed by atoms with Crippen LogP contribution in [0.2, 0.25) is 0 Å². The van der Waals surface area contributed by atoms with Gasteiger partial charge in [0.05, 0.1) is 5.75 Å². The molecule has 0 saturated carbocycles. The Morgan fingerprint density at radius 2 is 1.85 bits per heavy atom. The zero-order valence-corrected chi connectivity index (χ0v) is 20.1. The summed E-state index contributed by atoms with van der Waals surface area (Å²) in [4.78, 5) is 30.4. The maximum Gasteiger partial charge on any atom is 0.227 e. The number of fused-ring (bicyclic) bond motifs is 1. The number of ketones is 2. The number of carbonyl (C=O) groups excluding carboxylic acids is 2. The molecule has 1 atom stereocenters. The molecule has 8 heteroatoms. The normalized spacial score (nSPS) is 18.8. The van der Waals surface area contributed by atoms with Crippen LogP contribution in [0.1, 0.15) is 54.2 Å². The monoisotopic (exact) mass is 476 g/mol. The molecule has 1 aliphatic carbocycles. The summed E-state index contributed by atoms with van der Waals surface area (Å²) in [5.74, 6) is 0.298. The molecule has 0 radical (unpaired) electrons. The zero-order valence-electron chi connectivity index (χ0n) is 19.3. The molecule has 0 spiro atoms. The van der Waals surface area contributed by atoms with Crippen LogP contribution in [0.15, 0.2) is 65.0 Å². The zero-order chi connectivity index (χ0) is 24.0. The molecule has 0 saturated heterocycles. The number of aryl methyl sites for hydroxylation is 1. The van der Waals surface area contributed by atoms with Gasteiger partial charge in [-0.2, -0.15) is 4.98 Å². The van der Waals surface area contributed by atoms with Crippen LogP contribution in [0.4, 0.5) is 10.3 Å². The van der Waals surface area contributed by atoms with Crippen LogP contribution in [0.3, 0.4) is 0 Å². The number of nitrogens with one attached hydrogen (secondary N) is 1. The van der Waals surface area contributed by atoms with E-state index in [1.807, 2.05) is 31.2 Å². The number of aromatic nitrogens is 3. The van der Waals surface area contributed by atoms with Gasteiger partial charge < -0.3 is 5.32 Å². The van der Waals surface area contributed by atoms with E-state index in [4.69, 9.17) is 0 Å². The highest BCUT2D eigenvalue weighted by molar-refractivity contribution is 7.99. The van der Waals surface area contributed by atoms with Gasteiger partial charge in [0.25, 0.3) is 0 Å². The number of Topliss-reactive ketones (excluding diaryl/α,β-unsaturated/α-hetero) is 2. The highest BCUT2D eigenvalue weighted by Gasteiger charge is 2.41. The predicted octanol–water partition coefficient (Wildman–Crippen LogP) is 5.36. The number of nitrogens with zero attached hydrogens (tertiary/aromatic N) is 3. The van der Waals surface area contributed by atoms with Crippen LogP contribution in [0, 0.1) is 18.2 Å². The SMILES string of the molecule is Cc1ccc([C@@H]2C3=C(CC(C)(C)CC3=O)Nc3nc(SCC(=O)c4ccc(F)cc4)nn32)cc1. The van der Waals surface area contributed by atoms with Gasteiger partial charge in [-0.1, -0.05) is 55.4 Å². The first-order valence-corrected chi connectivity index (χ1v) is 12.2. The van der Waals surface area contributed by atoms with Gasteiger partial charge in [0, 0.05) is 23.3 Å². The molecule has 1 aromatic heterocycles. The number of thioether (sulfide) groups is 1. The minimum absolute atomic E-state index is 0.117. The lowest BCUT2D eigenvalue weighted by Crippen LogP contribution is -2.36. The first-order chi connectivity index (χ1) is 16.2. The lowest BCUT2D eigenvalue weighted by Gasteiger charge is -2.38. The van der Waals surface area contributed by atoms with Gasteiger partial charge in [0.1, 0.15) is 11.9 Å². The van der Waals surface area contributed by atoms with E-state index in [1.54, 1.807) is 4.68 Å². The smallest absolute Gasteiger partial charge is 0.227 e. The minimum atomic E-state index is -0.380. The van der Waals surface area contributed by atoms with Gasteiger partial charge in [-0.25, -0.2) is 9.07 Å². The second kappa shape index (κ2) is 8.51. The third-order valence-corrected chi connectivity index (χ3v) is 7.04. The van der Waals surface area contributed by atoms with Gasteiger partial charge in [-0.05, 0) is 48.6 Å². The quantitative estimate of drug-likeness (QED) is 0.395. The molecule has 1 N–H and O–H groups in total. The average molecular weight is 477 g/mol. The van der Waals surface area contributed by atoms with E-state index in [-0.39, 0.29) is 34.6 Å². The Bertz CT molecular complexity index is 1310. The van der Waals surface area contributed by atoms with E-state index >= 15 is 0 Å². The molecule has 0 unspecified atom stereocenters. The van der Waals surface area contributed by atoms with Crippen LogP contribution < -0.4 is 5.32 Å². The number of halogens is 1. The first kappa shape index (κ1) is 22.5. The number of hydrogen-bond acceptors (Lipinski definition) is 6. The highest BCUT2D eigenvalue weighted by atomic mass is 32.2. The highest BCUT2D eigenvalue weighted by Crippen LogP contribution is 2.45. The molecule has 1 aliphatic heterocycles. The van der Waals surface area contributed by atoms with Crippen molar-refractivity contribution in [1.82, 2.24) is 14.8 Å². The molecular formula is C26H25FN4O2S. The van der Waals surface area contributed by atoms with Gasteiger partial charge >= 0.3 is 0 Å². The Morgan fingerprint density at radius 3 is 2.56 bits per heavy atom. The topological polar surface area (TPSA) is 76.9 Å². The molecule has 34 heavy (non-hydrogen) atoms. The Morgan fingerprint density at radius 1 is 1.15 bits per heavy atom. The third-order valence-electron chi connectivity index (χ3n) is 6.20. The molecule has 2 heterocycles. The molecule has 3 aromatic rings. The minimum Gasteiger partial charge on any atom is -0.328 e. The second-order valence-corrected chi connectivity index (χ2v) is 10.6. The van der Waals surface area contributed by atoms with Crippen molar-refractivity contribution in [3.05, 3.63) is 82.3 Å². The Hall–Kier alpha value is -3.26. The van der Waals surface area contributed by atoms with Crippen molar-refractivity contribution in [1.29, 1.82) is 0 Å². The molecule has 2 aliphatic rings. The summed E-state index contributed by atoms with van der Waals surface area (Å²) in [7, 11) is 0. The predicted molar refractivity (Wildman–Crippen MR) is 129 cm³/mol. The van der Waals surface area contributed by atoms with Crippen LogP contribution >= 0.6 is 11.8 Å². The van der Waals surface area contributed by atoms with Gasteiger partial charge in [-0.15, -0.1) is 5.10 Å². The molecule has 0 amide bonds. The number of hydrogen-bond donors (Lipinski definition) is 1. The Labute approximate surface area is 201 Å². The van der Waals surface area contributed by atoms with E-state index < -0.39 is 0 Å². The summed E-state index contributed by atoms with van der Waals surface area (Å²) in [6.07, 6.45) is 1.22. The number of anilines is 1. The fourth-order valence-corrected chi connectivity index (χ4v) is 5.28. The Kier molecular flexibility index (Phi) is 5.64. The van der Waals surface area contributed by atoms with Crippen molar-refractivity contribution in [3.63, 3.8) is 0 Å². The first-order valence-electron chi connectivity index (χ1n) is 11.2. The van der Waals surface area contributed by atoms with Gasteiger partial charge in [-0.3, -0.25) is 9.59 Å². The molecule has 0 fully saturated rings. The lowest BCUT2D eigenvalue weighted by molar-refractivity contribution is -0.118. The summed E-state index contributed by atoms with van der Waals surface area (Å²) in [6.45, 7) is 6.22. The lowest BCUT2D eigenvalue weighted by atomic mass is 9.73. The second-order valence-electron chi connectivity index (χ2n) is 9.65. The van der Waals surface area contributed by atoms with E-state index in [0.717, 1.165) is 28.8 Å². The number of carbonyl (C=O) groups is 2. The molecule has 0 bridgehead atoms. The summed E-state index contributed by atoms with van der Waals surface area (Å²) in [6, 6.07) is 13.2. The molecule has 6 nitrogen and oxygen atoms in total. The van der Waals surface area contributed by atoms with Gasteiger partial charge in [0.2, 0.25) is 11.1 Å². The van der Waals surface area contributed by atoms with Crippen LogP contribution in [-0.2, 0) is 4.79 Å². The number of allylic oxidation sites excluding steroid dienone is 2. The molecule has 174 valence electrons. The van der Waals surface area contributed by atoms with Crippen molar-refractivity contribution < 1.29 is 14.0 Å². The van der Waals surface area contributed by atoms with Crippen molar-refractivity contribution in [2.45, 2.75) is 44.8 Å². The van der Waals surface area contributed by atoms with E-state index in [1.165, 1.54) is 36.0 Å². The molecule has 2 aromatic carbocycles. The summed E-state index contributed by atoms with van der Waals surface area (Å²) >= 11 is 1.22. The standard InChI is InChI=1S/C26H25FN4O2S/c1-15-4-6-17(7-5-15)23-22-19(12-26(2,3)13-20(22)32)28-24-29-25(30-31(23)24)34-14-21(33)16-8-10-18(27)11-9-16/h4-11,23H,12-14H2,1-3H3,(H,28,29,30)/t23-/m1/s1. The maximum atomic E-state index is 13.3. The molecule has 5 rings (SSSR count). The van der Waals surface area contributed by atoms with E-state index in [9.17, 15) is 14.0 Å². The maximum absolute atomic E-state index is 13.3. The fraction of sp³-hybridized carbons (Fsp3) is 0.308. The summed E-state index contributed by atoms with van der Waals surface area (Å²) in [5, 5.41) is 8.48. The fourth-order valence-electron chi connectivity index (χ4n) is 4.56. The van der Waals surface area contributed by atoms with Crippen molar-refractivity contribution in [3.8, 4) is 0 Å². The number of rotatable bonds is 5. The van der Waals surface area contributed by atoms with Crippen molar-refractivity contribution in [2.24, 2.45) is 5.41 Å². The van der Waals surface area contributed by atoms with Crippen molar-refractivity contribution >= 4 is 29.3 Å². The summed E-state index contributed by atoms with van der Waals surface area (Å²) in [5.41, 5.74) is 4.04. The number of benzene rings is 2. The third kappa shape index (κ3) is 4.30. The largest absolute Gasteiger partial charge is 0.328 e. The van der Waals surface area contributed by atoms with E-state index in [2.05, 4.69) is 29.2 Å². The van der Waals surface area contributed by atoms with Crippen LogP contribution in [-0.4, -0.2) is 32.1 Å². The molecular weight excluding hydrogens is 451 g/mol. The average Bonchev–Trinajstić information content (AvgIpc) is 3.19. The van der Waals surface area contributed by atoms with Gasteiger partial charge in [0.15, 0.2) is 11.6 Å². The van der Waals surface area contributed by atoms with Crippen LogP contribution in [0.5, 0.6) is 0 Å². The van der Waals surface area contributed by atoms with E-state index in [0.29, 0.717) is 23.1 Å². The summed E-state index contributed by atoms with van der Waals surface area (Å²) < 4.78 is 14.9. The van der Waals surface area contributed by atoms with Crippen LogP contribution in [0.25, 0.3) is 0 Å².